The Morgan fingerprint density at radius 3 is 2.50 bits per heavy atom. The maximum atomic E-state index is 12.1. The van der Waals surface area contributed by atoms with E-state index in [1.165, 1.54) is 0 Å². The Bertz CT molecular complexity index is 620. The highest BCUT2D eigenvalue weighted by Gasteiger charge is 2.09. The van der Waals surface area contributed by atoms with Gasteiger partial charge in [-0.1, -0.05) is 11.6 Å². The summed E-state index contributed by atoms with van der Waals surface area (Å²) >= 11 is 5.78. The third-order valence-electron chi connectivity index (χ3n) is 3.06. The average Bonchev–Trinajstić information content (AvgIpc) is 2.96. The zero-order chi connectivity index (χ0) is 15.9. The number of aryl methyl sites for hydroxylation is 1. The summed E-state index contributed by atoms with van der Waals surface area (Å²) in [6.45, 7) is 1.23. The maximum Gasteiger partial charge on any atom is 0.251 e. The highest BCUT2D eigenvalue weighted by molar-refractivity contribution is 6.30. The molecule has 0 spiro atoms. The molecular weight excluding hydrogens is 306 g/mol. The van der Waals surface area contributed by atoms with Crippen LogP contribution in [0.5, 0.6) is 11.5 Å². The van der Waals surface area contributed by atoms with Crippen LogP contribution in [0.4, 0.5) is 0 Å². The molecule has 0 fully saturated rings. The van der Waals surface area contributed by atoms with E-state index < -0.39 is 0 Å². The molecule has 0 saturated heterocycles. The van der Waals surface area contributed by atoms with E-state index in [1.807, 2.05) is 0 Å². The second kappa shape index (κ2) is 7.70. The molecule has 0 aliphatic rings. The Balaban J connectivity index is 1.86. The van der Waals surface area contributed by atoms with Crippen molar-refractivity contribution in [2.75, 3.05) is 20.8 Å². The third-order valence-corrected chi connectivity index (χ3v) is 3.26. The Morgan fingerprint density at radius 1 is 1.27 bits per heavy atom. The van der Waals surface area contributed by atoms with E-state index >= 15 is 0 Å². The standard InChI is InChI=1S/C15H18ClN3O3/c1-21-13-6-11(7-14(8-13)22-2)15(20)17-4-3-5-19-10-12(16)9-18-19/h6-10H,3-5H2,1-2H3,(H,17,20). The van der Waals surface area contributed by atoms with Gasteiger partial charge in [0.15, 0.2) is 0 Å². The molecule has 2 aromatic rings. The fourth-order valence-corrected chi connectivity index (χ4v) is 2.10. The summed E-state index contributed by atoms with van der Waals surface area (Å²) in [6, 6.07) is 5.06. The van der Waals surface area contributed by atoms with Gasteiger partial charge >= 0.3 is 0 Å². The van der Waals surface area contributed by atoms with Gasteiger partial charge in [-0.3, -0.25) is 9.48 Å². The summed E-state index contributed by atoms with van der Waals surface area (Å²) in [5.41, 5.74) is 0.498. The number of ether oxygens (including phenoxy) is 2. The maximum absolute atomic E-state index is 12.1. The first-order chi connectivity index (χ1) is 10.6. The van der Waals surface area contributed by atoms with Gasteiger partial charge in [-0.05, 0) is 18.6 Å². The number of rotatable bonds is 7. The highest BCUT2D eigenvalue weighted by Crippen LogP contribution is 2.22. The fraction of sp³-hybridized carbons (Fsp3) is 0.333. The Labute approximate surface area is 134 Å². The van der Waals surface area contributed by atoms with Crippen molar-refractivity contribution in [2.24, 2.45) is 0 Å². The first-order valence-corrected chi connectivity index (χ1v) is 7.19. The normalized spacial score (nSPS) is 10.3. The summed E-state index contributed by atoms with van der Waals surface area (Å²) < 4.78 is 12.0. The van der Waals surface area contributed by atoms with Crippen LogP contribution in [0.3, 0.4) is 0 Å². The Hall–Kier alpha value is -2.21. The minimum atomic E-state index is -0.171. The van der Waals surface area contributed by atoms with Gasteiger partial charge in [-0.2, -0.15) is 5.10 Å². The minimum absolute atomic E-state index is 0.171. The molecule has 0 radical (unpaired) electrons. The molecule has 1 N–H and O–H groups in total. The number of nitrogens with one attached hydrogen (secondary N) is 1. The van der Waals surface area contributed by atoms with Gasteiger partial charge < -0.3 is 14.8 Å². The lowest BCUT2D eigenvalue weighted by atomic mass is 10.2. The summed E-state index contributed by atoms with van der Waals surface area (Å²) in [6.07, 6.45) is 4.09. The van der Waals surface area contributed by atoms with Crippen LogP contribution >= 0.6 is 11.6 Å². The van der Waals surface area contributed by atoms with Gasteiger partial charge in [0.1, 0.15) is 11.5 Å². The molecule has 0 aliphatic heterocycles. The fourth-order valence-electron chi connectivity index (χ4n) is 1.94. The van der Waals surface area contributed by atoms with Crippen LogP contribution in [0.1, 0.15) is 16.8 Å². The van der Waals surface area contributed by atoms with Crippen molar-refractivity contribution in [1.82, 2.24) is 15.1 Å². The molecule has 1 aromatic heterocycles. The SMILES string of the molecule is COc1cc(OC)cc(C(=O)NCCCn2cc(Cl)cn2)c1. The number of hydrogen-bond donors (Lipinski definition) is 1. The first-order valence-electron chi connectivity index (χ1n) is 6.81. The molecule has 0 bridgehead atoms. The van der Waals surface area contributed by atoms with Gasteiger partial charge in [0.2, 0.25) is 0 Å². The lowest BCUT2D eigenvalue weighted by Gasteiger charge is -2.09. The number of carbonyl (C=O) groups excluding carboxylic acids is 1. The molecular formula is C15H18ClN3O3. The zero-order valence-corrected chi connectivity index (χ0v) is 13.3. The van der Waals surface area contributed by atoms with Crippen LogP contribution in [0.2, 0.25) is 5.02 Å². The van der Waals surface area contributed by atoms with Crippen LogP contribution in [-0.2, 0) is 6.54 Å². The number of carbonyl (C=O) groups is 1. The highest BCUT2D eigenvalue weighted by atomic mass is 35.5. The van der Waals surface area contributed by atoms with E-state index in [2.05, 4.69) is 10.4 Å². The monoisotopic (exact) mass is 323 g/mol. The van der Waals surface area contributed by atoms with Crippen molar-refractivity contribution in [2.45, 2.75) is 13.0 Å². The van der Waals surface area contributed by atoms with Crippen molar-refractivity contribution in [3.05, 3.63) is 41.2 Å². The van der Waals surface area contributed by atoms with Crippen LogP contribution < -0.4 is 14.8 Å². The van der Waals surface area contributed by atoms with Gasteiger partial charge in [0.05, 0.1) is 25.4 Å². The molecule has 22 heavy (non-hydrogen) atoms. The molecule has 2 rings (SSSR count). The van der Waals surface area contributed by atoms with Gasteiger partial charge in [0.25, 0.3) is 5.91 Å². The van der Waals surface area contributed by atoms with Crippen molar-refractivity contribution >= 4 is 17.5 Å². The van der Waals surface area contributed by atoms with E-state index in [4.69, 9.17) is 21.1 Å². The number of halogens is 1. The number of nitrogens with zero attached hydrogens (tertiary/aromatic N) is 2. The van der Waals surface area contributed by atoms with Gasteiger partial charge in [-0.15, -0.1) is 0 Å². The van der Waals surface area contributed by atoms with E-state index in [0.717, 1.165) is 6.42 Å². The topological polar surface area (TPSA) is 65.4 Å². The van der Waals surface area contributed by atoms with Crippen molar-refractivity contribution in [3.8, 4) is 11.5 Å². The van der Waals surface area contributed by atoms with Crippen LogP contribution in [-0.4, -0.2) is 36.5 Å². The van der Waals surface area contributed by atoms with Gasteiger partial charge in [0, 0.05) is 30.9 Å². The van der Waals surface area contributed by atoms with E-state index in [1.54, 1.807) is 49.5 Å². The molecule has 1 aromatic carbocycles. The first kappa shape index (κ1) is 16.2. The molecule has 0 atom stereocenters. The summed E-state index contributed by atoms with van der Waals surface area (Å²) in [5.74, 6) is 0.988. The van der Waals surface area contributed by atoms with Crippen LogP contribution in [0.25, 0.3) is 0 Å². The van der Waals surface area contributed by atoms with E-state index in [9.17, 15) is 4.79 Å². The van der Waals surface area contributed by atoms with E-state index in [0.29, 0.717) is 35.2 Å². The summed E-state index contributed by atoms with van der Waals surface area (Å²) in [5, 5.41) is 7.53. The quantitative estimate of drug-likeness (QED) is 0.794. The van der Waals surface area contributed by atoms with Crippen molar-refractivity contribution < 1.29 is 14.3 Å². The average molecular weight is 324 g/mol. The second-order valence-electron chi connectivity index (χ2n) is 4.63. The molecule has 0 unspecified atom stereocenters. The second-order valence-corrected chi connectivity index (χ2v) is 5.07. The lowest BCUT2D eigenvalue weighted by molar-refractivity contribution is 0.0952. The zero-order valence-electron chi connectivity index (χ0n) is 12.5. The minimum Gasteiger partial charge on any atom is -0.497 e. The molecule has 0 aliphatic carbocycles. The van der Waals surface area contributed by atoms with Gasteiger partial charge in [-0.25, -0.2) is 0 Å². The molecule has 1 heterocycles. The van der Waals surface area contributed by atoms with Crippen molar-refractivity contribution in [1.29, 1.82) is 0 Å². The third kappa shape index (κ3) is 4.39. The van der Waals surface area contributed by atoms with Crippen LogP contribution in [0, 0.1) is 0 Å². The largest absolute Gasteiger partial charge is 0.497 e. The number of methoxy groups -OCH3 is 2. The van der Waals surface area contributed by atoms with E-state index in [-0.39, 0.29) is 5.91 Å². The number of hydrogen-bond acceptors (Lipinski definition) is 4. The smallest absolute Gasteiger partial charge is 0.251 e. The predicted molar refractivity (Wildman–Crippen MR) is 83.7 cm³/mol. The molecule has 6 nitrogen and oxygen atoms in total. The number of benzene rings is 1. The summed E-state index contributed by atoms with van der Waals surface area (Å²) in [7, 11) is 3.09. The Morgan fingerprint density at radius 2 is 1.95 bits per heavy atom. The molecule has 118 valence electrons. The molecule has 7 heteroatoms. The lowest BCUT2D eigenvalue weighted by Crippen LogP contribution is -2.25. The number of aromatic nitrogens is 2. The predicted octanol–water partition coefficient (Wildman–Crippen LogP) is 2.37. The van der Waals surface area contributed by atoms with Crippen molar-refractivity contribution in [3.63, 3.8) is 0 Å². The summed E-state index contributed by atoms with van der Waals surface area (Å²) in [4.78, 5) is 12.1. The number of amides is 1. The molecule has 1 amide bonds. The molecule has 0 saturated carbocycles. The van der Waals surface area contributed by atoms with Crippen LogP contribution in [0.15, 0.2) is 30.6 Å². The Kier molecular flexibility index (Phi) is 5.66.